The first-order valence-electron chi connectivity index (χ1n) is 8.49. The molecule has 26 heavy (non-hydrogen) atoms. The van der Waals surface area contributed by atoms with Crippen LogP contribution in [0.15, 0.2) is 30.5 Å². The summed E-state index contributed by atoms with van der Waals surface area (Å²) < 4.78 is 4.68. The Kier molecular flexibility index (Phi) is 4.02. The van der Waals surface area contributed by atoms with Crippen LogP contribution in [0.3, 0.4) is 0 Å². The minimum Gasteiger partial charge on any atom is -0.463 e. The van der Waals surface area contributed by atoms with E-state index in [-0.39, 0.29) is 23.8 Å². The number of carbonyl (C=O) groups excluding carboxylic acids is 2. The molecule has 1 amide bonds. The van der Waals surface area contributed by atoms with Crippen molar-refractivity contribution in [3.63, 3.8) is 0 Å². The smallest absolute Gasteiger partial charge is 0.376 e. The number of hydrogen-bond acceptors (Lipinski definition) is 7. The van der Waals surface area contributed by atoms with E-state index in [1.54, 1.807) is 18.3 Å². The molecule has 2 aliphatic heterocycles. The van der Waals surface area contributed by atoms with Gasteiger partial charge in [-0.1, -0.05) is 6.07 Å². The highest BCUT2D eigenvalue weighted by Crippen LogP contribution is 2.34. The average Bonchev–Trinajstić information content (AvgIpc) is 3.27. The molecule has 2 aromatic rings. The van der Waals surface area contributed by atoms with Crippen molar-refractivity contribution in [3.8, 4) is 0 Å². The third kappa shape index (κ3) is 2.77. The summed E-state index contributed by atoms with van der Waals surface area (Å²) in [5.74, 6) is 0.149. The van der Waals surface area contributed by atoms with Gasteiger partial charge in [0, 0.05) is 25.0 Å². The highest BCUT2D eigenvalue weighted by atomic mass is 16.5. The van der Waals surface area contributed by atoms with Gasteiger partial charge in [-0.25, -0.2) is 19.7 Å². The second-order valence-electron chi connectivity index (χ2n) is 6.55. The van der Waals surface area contributed by atoms with Gasteiger partial charge in [-0.3, -0.25) is 4.79 Å². The third-order valence-electron chi connectivity index (χ3n) is 4.91. The molecule has 2 fully saturated rings. The van der Waals surface area contributed by atoms with Crippen LogP contribution >= 0.6 is 0 Å². The van der Waals surface area contributed by atoms with Gasteiger partial charge in [0.1, 0.15) is 11.5 Å². The maximum Gasteiger partial charge on any atom is 0.376 e. The van der Waals surface area contributed by atoms with Crippen molar-refractivity contribution in [2.75, 3.05) is 25.1 Å². The molecule has 2 saturated heterocycles. The van der Waals surface area contributed by atoms with Gasteiger partial charge in [0.05, 0.1) is 19.2 Å². The summed E-state index contributed by atoms with van der Waals surface area (Å²) in [7, 11) is 1.30. The van der Waals surface area contributed by atoms with Gasteiger partial charge < -0.3 is 14.5 Å². The molecular formula is C18H19N5O3. The Morgan fingerprint density at radius 2 is 2.00 bits per heavy atom. The Bertz CT molecular complexity index is 871. The summed E-state index contributed by atoms with van der Waals surface area (Å²) in [5, 5.41) is 0. The highest BCUT2D eigenvalue weighted by Gasteiger charge is 2.46. The predicted octanol–water partition coefficient (Wildman–Crippen LogP) is 1.07. The molecule has 0 unspecified atom stereocenters. The second-order valence-corrected chi connectivity index (χ2v) is 6.55. The number of pyridine rings is 1. The van der Waals surface area contributed by atoms with Crippen LogP contribution in [-0.2, 0) is 4.74 Å². The lowest BCUT2D eigenvalue weighted by atomic mass is 10.2. The Morgan fingerprint density at radius 1 is 1.15 bits per heavy atom. The molecule has 0 spiro atoms. The van der Waals surface area contributed by atoms with Crippen LogP contribution in [0.5, 0.6) is 0 Å². The fourth-order valence-electron chi connectivity index (χ4n) is 3.70. The standard InChI is InChI=1S/C18H19N5O3/c1-11-4-3-5-14(20-11)17(24)23-10-12-8-13(23)9-22(12)15-6-7-19-16(21-15)18(25)26-2/h3-7,12-13H,8-10H2,1-2H3/t12-,13-/m0/s1. The summed E-state index contributed by atoms with van der Waals surface area (Å²) in [6.45, 7) is 3.18. The highest BCUT2D eigenvalue weighted by molar-refractivity contribution is 5.93. The van der Waals surface area contributed by atoms with Crippen molar-refractivity contribution in [1.29, 1.82) is 0 Å². The first-order chi connectivity index (χ1) is 12.6. The monoisotopic (exact) mass is 353 g/mol. The van der Waals surface area contributed by atoms with E-state index in [4.69, 9.17) is 0 Å². The summed E-state index contributed by atoms with van der Waals surface area (Å²) in [6, 6.07) is 7.56. The number of aromatic nitrogens is 3. The number of carbonyl (C=O) groups is 2. The fourth-order valence-corrected chi connectivity index (χ4v) is 3.70. The molecule has 2 atom stereocenters. The summed E-state index contributed by atoms with van der Waals surface area (Å²) in [4.78, 5) is 41.0. The van der Waals surface area contributed by atoms with E-state index in [0.717, 1.165) is 12.1 Å². The molecule has 8 heteroatoms. The SMILES string of the molecule is COC(=O)c1nccc(N2C[C@@H]3C[C@H]2CN3C(=O)c2cccc(C)n2)n1. The van der Waals surface area contributed by atoms with Gasteiger partial charge in [-0.15, -0.1) is 0 Å². The molecular weight excluding hydrogens is 334 g/mol. The lowest BCUT2D eigenvalue weighted by molar-refractivity contribution is 0.0586. The van der Waals surface area contributed by atoms with E-state index in [1.807, 2.05) is 24.0 Å². The first kappa shape index (κ1) is 16.4. The van der Waals surface area contributed by atoms with E-state index in [0.29, 0.717) is 24.6 Å². The third-order valence-corrected chi connectivity index (χ3v) is 4.91. The van der Waals surface area contributed by atoms with Gasteiger partial charge in [0.15, 0.2) is 0 Å². The van der Waals surface area contributed by atoms with Crippen molar-refractivity contribution in [2.45, 2.75) is 25.4 Å². The van der Waals surface area contributed by atoms with Crippen LogP contribution in [0.4, 0.5) is 5.82 Å². The number of rotatable bonds is 3. The molecule has 8 nitrogen and oxygen atoms in total. The van der Waals surface area contributed by atoms with Crippen LogP contribution in [0, 0.1) is 6.92 Å². The van der Waals surface area contributed by atoms with E-state index in [1.165, 1.54) is 7.11 Å². The van der Waals surface area contributed by atoms with Gasteiger partial charge in [-0.05, 0) is 31.5 Å². The number of methoxy groups -OCH3 is 1. The van der Waals surface area contributed by atoms with Crippen LogP contribution in [-0.4, -0.2) is 64.0 Å². The zero-order chi connectivity index (χ0) is 18.3. The summed E-state index contributed by atoms with van der Waals surface area (Å²) in [6.07, 6.45) is 2.44. The van der Waals surface area contributed by atoms with E-state index >= 15 is 0 Å². The maximum absolute atomic E-state index is 12.8. The number of amides is 1. The number of nitrogens with zero attached hydrogens (tertiary/aromatic N) is 5. The molecule has 0 aromatic carbocycles. The Balaban J connectivity index is 1.50. The van der Waals surface area contributed by atoms with E-state index in [2.05, 4.69) is 24.6 Å². The van der Waals surface area contributed by atoms with E-state index < -0.39 is 5.97 Å². The molecule has 2 aromatic heterocycles. The molecule has 4 heterocycles. The van der Waals surface area contributed by atoms with Crippen molar-refractivity contribution < 1.29 is 14.3 Å². The van der Waals surface area contributed by atoms with Crippen molar-refractivity contribution in [2.24, 2.45) is 0 Å². The second kappa shape index (κ2) is 6.36. The van der Waals surface area contributed by atoms with Crippen molar-refractivity contribution in [3.05, 3.63) is 47.7 Å². The number of esters is 1. The lowest BCUT2D eigenvalue weighted by Gasteiger charge is -2.34. The molecule has 2 bridgehead atoms. The number of piperazine rings is 1. The Labute approximate surface area is 150 Å². The molecule has 0 aliphatic carbocycles. The minimum absolute atomic E-state index is 0.0289. The summed E-state index contributed by atoms with van der Waals surface area (Å²) in [5.41, 5.74) is 1.32. The molecule has 0 N–H and O–H groups in total. The summed E-state index contributed by atoms with van der Waals surface area (Å²) >= 11 is 0. The average molecular weight is 353 g/mol. The topological polar surface area (TPSA) is 88.5 Å². The first-order valence-corrected chi connectivity index (χ1v) is 8.49. The van der Waals surface area contributed by atoms with Gasteiger partial charge in [0.25, 0.3) is 5.91 Å². The normalized spacial score (nSPS) is 21.2. The van der Waals surface area contributed by atoms with Gasteiger partial charge in [0.2, 0.25) is 5.82 Å². The molecule has 134 valence electrons. The number of likely N-dealkylation sites (tertiary alicyclic amines) is 1. The Hall–Kier alpha value is -3.03. The van der Waals surface area contributed by atoms with Crippen molar-refractivity contribution in [1.82, 2.24) is 19.9 Å². The number of hydrogen-bond donors (Lipinski definition) is 0. The number of ether oxygens (including phenoxy) is 1. The number of anilines is 1. The van der Waals surface area contributed by atoms with E-state index in [9.17, 15) is 9.59 Å². The predicted molar refractivity (Wildman–Crippen MR) is 92.9 cm³/mol. The zero-order valence-corrected chi connectivity index (χ0v) is 14.6. The lowest BCUT2D eigenvalue weighted by Crippen LogP contribution is -2.49. The fraction of sp³-hybridized carbons (Fsp3) is 0.389. The largest absolute Gasteiger partial charge is 0.463 e. The number of fused-ring (bicyclic) bond motifs is 2. The van der Waals surface area contributed by atoms with Crippen LogP contribution in [0.25, 0.3) is 0 Å². The molecule has 0 saturated carbocycles. The Morgan fingerprint density at radius 3 is 2.69 bits per heavy atom. The van der Waals surface area contributed by atoms with Crippen LogP contribution in [0.2, 0.25) is 0 Å². The molecule has 4 rings (SSSR count). The zero-order valence-electron chi connectivity index (χ0n) is 14.6. The van der Waals surface area contributed by atoms with Gasteiger partial charge in [-0.2, -0.15) is 0 Å². The number of aryl methyl sites for hydroxylation is 1. The minimum atomic E-state index is -0.557. The van der Waals surface area contributed by atoms with Gasteiger partial charge >= 0.3 is 5.97 Å². The maximum atomic E-state index is 12.8. The van der Waals surface area contributed by atoms with Crippen LogP contribution < -0.4 is 4.90 Å². The van der Waals surface area contributed by atoms with Crippen molar-refractivity contribution >= 4 is 17.7 Å². The quantitative estimate of drug-likeness (QED) is 0.763. The van der Waals surface area contributed by atoms with Crippen LogP contribution in [0.1, 0.15) is 33.2 Å². The molecule has 2 aliphatic rings. The molecule has 0 radical (unpaired) electrons.